The molecule has 5 nitrogen and oxygen atoms in total. The Morgan fingerprint density at radius 1 is 1.19 bits per heavy atom. The average Bonchev–Trinajstić information content (AvgIpc) is 2.98. The molecule has 4 aliphatic carbocycles. The Morgan fingerprint density at radius 2 is 1.81 bits per heavy atom. The molecule has 0 unspecified atom stereocenters. The molecule has 5 fully saturated rings. The summed E-state index contributed by atoms with van der Waals surface area (Å²) in [6.07, 6.45) is 9.60. The first-order valence-electron chi connectivity index (χ1n) is 11.1. The zero-order chi connectivity index (χ0) is 21.6. The summed E-state index contributed by atoms with van der Waals surface area (Å²) >= 11 is 6.73. The van der Waals surface area contributed by atoms with Gasteiger partial charge in [-0.05, 0) is 80.1 Å². The Morgan fingerprint density at radius 3 is 2.39 bits per heavy atom. The molecule has 6 rings (SSSR count). The molecule has 1 aliphatic heterocycles. The number of hydrogen-bond acceptors (Lipinski definition) is 5. The van der Waals surface area contributed by atoms with Crippen LogP contribution >= 0.6 is 24.0 Å². The zero-order valence-corrected chi connectivity index (χ0v) is 19.4. The van der Waals surface area contributed by atoms with Gasteiger partial charge < -0.3 is 10.1 Å². The number of thioether (sulfide) groups is 1. The molecule has 7 heteroatoms. The van der Waals surface area contributed by atoms with Crippen LogP contribution in [0.15, 0.2) is 29.2 Å². The maximum atomic E-state index is 12.9. The third-order valence-corrected chi connectivity index (χ3v) is 8.67. The number of hydrogen-bond donors (Lipinski definition) is 1. The van der Waals surface area contributed by atoms with Gasteiger partial charge in [0.15, 0.2) is 0 Å². The second-order valence-electron chi connectivity index (χ2n) is 9.60. The monoisotopic (exact) mass is 456 g/mol. The Kier molecular flexibility index (Phi) is 5.59. The third kappa shape index (κ3) is 4.27. The number of amides is 2. The molecule has 1 heterocycles. The average molecular weight is 457 g/mol. The van der Waals surface area contributed by atoms with Crippen LogP contribution in [0.5, 0.6) is 5.75 Å². The molecular formula is C24H28N2O3S2. The summed E-state index contributed by atoms with van der Waals surface area (Å²) in [5.74, 6) is 3.09. The molecule has 1 aromatic rings. The smallest absolute Gasteiger partial charge is 0.266 e. The standard InChI is InChI=1S/C24H28N2O3S2/c1-29-19-4-2-15(3-5-19)11-20-22(28)26(23(30)31-20)7-6-21(27)25-24-12-16-8-17(13-24)10-18(9-16)14-24/h2-5,11,16-18H,6-10,12-14H2,1H3,(H,25,27). The molecule has 0 radical (unpaired) electrons. The summed E-state index contributed by atoms with van der Waals surface area (Å²) in [7, 11) is 1.62. The number of methoxy groups -OCH3 is 1. The van der Waals surface area contributed by atoms with Crippen molar-refractivity contribution < 1.29 is 14.3 Å². The van der Waals surface area contributed by atoms with Gasteiger partial charge in [0.2, 0.25) is 5.91 Å². The van der Waals surface area contributed by atoms with E-state index >= 15 is 0 Å². The minimum Gasteiger partial charge on any atom is -0.497 e. The fraction of sp³-hybridized carbons (Fsp3) is 0.542. The van der Waals surface area contributed by atoms with Crippen LogP contribution in [0, 0.1) is 17.8 Å². The summed E-state index contributed by atoms with van der Waals surface area (Å²) in [5.41, 5.74) is 0.927. The topological polar surface area (TPSA) is 58.6 Å². The van der Waals surface area contributed by atoms with Gasteiger partial charge in [-0.15, -0.1) is 0 Å². The van der Waals surface area contributed by atoms with Gasteiger partial charge in [0.05, 0.1) is 12.0 Å². The second-order valence-corrected chi connectivity index (χ2v) is 11.3. The van der Waals surface area contributed by atoms with E-state index in [1.54, 1.807) is 12.0 Å². The fourth-order valence-electron chi connectivity index (χ4n) is 6.38. The Labute approximate surface area is 193 Å². The quantitative estimate of drug-likeness (QED) is 0.509. The molecule has 4 bridgehead atoms. The van der Waals surface area contributed by atoms with Gasteiger partial charge in [-0.1, -0.05) is 36.1 Å². The number of rotatable bonds is 6. The summed E-state index contributed by atoms with van der Waals surface area (Å²) < 4.78 is 5.70. The molecule has 31 heavy (non-hydrogen) atoms. The van der Waals surface area contributed by atoms with Gasteiger partial charge in [-0.3, -0.25) is 14.5 Å². The number of nitrogens with zero attached hydrogens (tertiary/aromatic N) is 1. The van der Waals surface area contributed by atoms with Crippen molar-refractivity contribution in [1.82, 2.24) is 10.2 Å². The third-order valence-electron chi connectivity index (χ3n) is 7.29. The number of carbonyl (C=O) groups is 2. The second kappa shape index (κ2) is 8.24. The molecule has 1 aromatic carbocycles. The first kappa shape index (κ1) is 21.0. The molecule has 5 aliphatic rings. The normalized spacial score (nSPS) is 32.7. The van der Waals surface area contributed by atoms with Crippen LogP contribution in [-0.4, -0.2) is 40.2 Å². The molecule has 0 spiro atoms. The first-order chi connectivity index (χ1) is 14.9. The van der Waals surface area contributed by atoms with Gasteiger partial charge in [-0.2, -0.15) is 0 Å². The highest BCUT2D eigenvalue weighted by Crippen LogP contribution is 2.55. The van der Waals surface area contributed by atoms with Crippen molar-refractivity contribution in [2.75, 3.05) is 13.7 Å². The maximum Gasteiger partial charge on any atom is 0.266 e. The van der Waals surface area contributed by atoms with Crippen LogP contribution < -0.4 is 10.1 Å². The number of benzene rings is 1. The lowest BCUT2D eigenvalue weighted by Gasteiger charge is -2.57. The van der Waals surface area contributed by atoms with E-state index in [0.717, 1.165) is 48.3 Å². The Bertz CT molecular complexity index is 905. The number of thiocarbonyl (C=S) groups is 1. The van der Waals surface area contributed by atoms with Crippen molar-refractivity contribution >= 4 is 46.2 Å². The van der Waals surface area contributed by atoms with Crippen LogP contribution in [0.2, 0.25) is 0 Å². The molecule has 1 saturated heterocycles. The van der Waals surface area contributed by atoms with E-state index in [0.29, 0.717) is 22.2 Å². The molecule has 4 saturated carbocycles. The minimum atomic E-state index is -0.117. The first-order valence-corrected chi connectivity index (χ1v) is 12.4. The number of nitrogens with one attached hydrogen (secondary N) is 1. The summed E-state index contributed by atoms with van der Waals surface area (Å²) in [4.78, 5) is 27.8. The van der Waals surface area contributed by atoms with Crippen LogP contribution in [-0.2, 0) is 9.59 Å². The highest BCUT2D eigenvalue weighted by Gasteiger charge is 2.51. The van der Waals surface area contributed by atoms with Crippen LogP contribution in [0.3, 0.4) is 0 Å². The van der Waals surface area contributed by atoms with Gasteiger partial charge in [0.25, 0.3) is 5.91 Å². The lowest BCUT2D eigenvalue weighted by molar-refractivity contribution is -0.127. The Hall–Kier alpha value is -1.86. The Balaban J connectivity index is 1.18. The molecule has 2 amide bonds. The number of carbonyl (C=O) groups excluding carboxylic acids is 2. The lowest BCUT2D eigenvalue weighted by atomic mass is 9.53. The summed E-state index contributed by atoms with van der Waals surface area (Å²) in [5, 5.41) is 3.39. The van der Waals surface area contributed by atoms with Gasteiger partial charge >= 0.3 is 0 Å². The van der Waals surface area contributed by atoms with Crippen molar-refractivity contribution in [3.63, 3.8) is 0 Å². The molecule has 0 aromatic heterocycles. The molecule has 1 N–H and O–H groups in total. The predicted molar refractivity (Wildman–Crippen MR) is 127 cm³/mol. The van der Waals surface area contributed by atoms with Crippen LogP contribution in [0.25, 0.3) is 6.08 Å². The van der Waals surface area contributed by atoms with E-state index in [-0.39, 0.29) is 17.4 Å². The van der Waals surface area contributed by atoms with Crippen molar-refractivity contribution in [3.05, 3.63) is 34.7 Å². The molecular weight excluding hydrogens is 428 g/mol. The minimum absolute atomic E-state index is 0.00946. The zero-order valence-electron chi connectivity index (χ0n) is 17.8. The predicted octanol–water partition coefficient (Wildman–Crippen LogP) is 4.37. The van der Waals surface area contributed by atoms with Gasteiger partial charge in [0.1, 0.15) is 10.1 Å². The largest absolute Gasteiger partial charge is 0.497 e. The van der Waals surface area contributed by atoms with Crippen LogP contribution in [0.4, 0.5) is 0 Å². The maximum absolute atomic E-state index is 12.9. The molecule has 164 valence electrons. The highest BCUT2D eigenvalue weighted by atomic mass is 32.2. The number of ether oxygens (including phenoxy) is 1. The van der Waals surface area contributed by atoms with E-state index in [4.69, 9.17) is 17.0 Å². The van der Waals surface area contributed by atoms with Crippen molar-refractivity contribution in [2.24, 2.45) is 17.8 Å². The van der Waals surface area contributed by atoms with Gasteiger partial charge in [0, 0.05) is 18.5 Å². The van der Waals surface area contributed by atoms with Crippen molar-refractivity contribution in [2.45, 2.75) is 50.5 Å². The van der Waals surface area contributed by atoms with E-state index in [2.05, 4.69) is 5.32 Å². The van der Waals surface area contributed by atoms with E-state index in [9.17, 15) is 9.59 Å². The highest BCUT2D eigenvalue weighted by molar-refractivity contribution is 8.26. The van der Waals surface area contributed by atoms with E-state index in [1.807, 2.05) is 30.3 Å². The summed E-state index contributed by atoms with van der Waals surface area (Å²) in [6.45, 7) is 0.336. The lowest BCUT2D eigenvalue weighted by Crippen LogP contribution is -2.60. The van der Waals surface area contributed by atoms with Crippen LogP contribution in [0.1, 0.15) is 50.5 Å². The van der Waals surface area contributed by atoms with E-state index < -0.39 is 0 Å². The fourth-order valence-corrected chi connectivity index (χ4v) is 7.69. The van der Waals surface area contributed by atoms with Crippen molar-refractivity contribution in [1.29, 1.82) is 0 Å². The molecule has 0 atom stereocenters. The van der Waals surface area contributed by atoms with Gasteiger partial charge in [-0.25, -0.2) is 0 Å². The SMILES string of the molecule is COc1ccc(C=C2SC(=S)N(CCC(=O)NC34CC5CC(CC(C5)C3)C4)C2=O)cc1. The van der Waals surface area contributed by atoms with E-state index in [1.165, 1.54) is 31.0 Å². The van der Waals surface area contributed by atoms with Crippen molar-refractivity contribution in [3.8, 4) is 5.75 Å². The summed E-state index contributed by atoms with van der Waals surface area (Å²) in [6, 6.07) is 7.54.